The van der Waals surface area contributed by atoms with E-state index in [2.05, 4.69) is 27.3 Å². The van der Waals surface area contributed by atoms with Crippen molar-refractivity contribution in [3.8, 4) is 0 Å². The number of rotatable bonds is 4. The summed E-state index contributed by atoms with van der Waals surface area (Å²) in [6.07, 6.45) is 1.05. The van der Waals surface area contributed by atoms with E-state index in [1.807, 2.05) is 14.1 Å². The molecule has 0 aliphatic rings. The topological polar surface area (TPSA) is 29.7 Å². The number of hydrogen-bond donors (Lipinski definition) is 0. The smallest absolute Gasteiger partial charge is 0.309 e. The van der Waals surface area contributed by atoms with Gasteiger partial charge in [0, 0.05) is 13.0 Å². The van der Waals surface area contributed by atoms with Gasteiger partial charge in [0.2, 0.25) is 0 Å². The van der Waals surface area contributed by atoms with Crippen LogP contribution in [0.25, 0.3) is 0 Å². The Kier molecular flexibility index (Phi) is 5.69. The molecule has 3 heteroatoms. The van der Waals surface area contributed by atoms with Gasteiger partial charge >= 0.3 is 6.01 Å². The molecular weight excluding hydrogens is 126 g/mol. The summed E-state index contributed by atoms with van der Waals surface area (Å²) in [6.45, 7) is 5.07. The fraction of sp³-hybridized carbons (Fsp3) is 0.714. The van der Waals surface area contributed by atoms with Gasteiger partial charge in [-0.2, -0.15) is 4.67 Å². The van der Waals surface area contributed by atoms with Gasteiger partial charge in [0.1, 0.15) is 6.54 Å². The molecule has 0 atom stereocenters. The molecule has 56 valence electrons. The molecule has 0 amide bonds. The van der Waals surface area contributed by atoms with Crippen LogP contribution in [0.15, 0.2) is 4.99 Å². The summed E-state index contributed by atoms with van der Waals surface area (Å²) in [5.41, 5.74) is 0. The first kappa shape index (κ1) is 9.12. The van der Waals surface area contributed by atoms with Crippen LogP contribution in [0.3, 0.4) is 0 Å². The number of hydrogen-bond acceptors (Lipinski definition) is 2. The second-order valence-corrected chi connectivity index (χ2v) is 2.30. The van der Waals surface area contributed by atoms with Gasteiger partial charge in [-0.05, 0) is 19.1 Å². The van der Waals surface area contributed by atoms with Crippen molar-refractivity contribution in [3.05, 3.63) is 0 Å². The summed E-state index contributed by atoms with van der Waals surface area (Å²) in [5.74, 6) is 0. The Hall–Kier alpha value is -0.880. The lowest BCUT2D eigenvalue weighted by Crippen LogP contribution is -2.13. The summed E-state index contributed by atoms with van der Waals surface area (Å²) >= 11 is 0. The monoisotopic (exact) mass is 140 g/mol. The van der Waals surface area contributed by atoms with Gasteiger partial charge in [-0.25, -0.2) is 0 Å². The van der Waals surface area contributed by atoms with E-state index in [4.69, 9.17) is 0 Å². The van der Waals surface area contributed by atoms with Crippen LogP contribution >= 0.6 is 0 Å². The maximum atomic E-state index is 3.86. The minimum absolute atomic E-state index is 0.789. The van der Waals surface area contributed by atoms with E-state index in [9.17, 15) is 0 Å². The average Bonchev–Trinajstić information content (AvgIpc) is 1.87. The van der Waals surface area contributed by atoms with Gasteiger partial charge in [0.15, 0.2) is 6.72 Å². The van der Waals surface area contributed by atoms with Crippen molar-refractivity contribution in [2.75, 3.05) is 27.2 Å². The number of aliphatic imine (C=N–C) groups is 1. The first-order chi connectivity index (χ1) is 4.77. The van der Waals surface area contributed by atoms with Crippen LogP contribution in [0.4, 0.5) is 0 Å². The summed E-state index contributed by atoms with van der Waals surface area (Å²) in [5, 5.41) is 0. The van der Waals surface area contributed by atoms with E-state index in [1.165, 1.54) is 0 Å². The Bertz CT molecular complexity index is 150. The average molecular weight is 140 g/mol. The van der Waals surface area contributed by atoms with E-state index >= 15 is 0 Å². The first-order valence-electron chi connectivity index (χ1n) is 3.29. The highest BCUT2D eigenvalue weighted by atomic mass is 15.0. The second-order valence-electron chi connectivity index (χ2n) is 2.30. The summed E-state index contributed by atoms with van der Waals surface area (Å²) in [7, 11) is 4.08. The Morgan fingerprint density at radius 2 is 2.30 bits per heavy atom. The molecule has 0 unspecified atom stereocenters. The third-order valence-corrected chi connectivity index (χ3v) is 1.02. The van der Waals surface area contributed by atoms with Gasteiger partial charge in [-0.15, -0.1) is 0 Å². The zero-order valence-electron chi connectivity index (χ0n) is 6.67. The van der Waals surface area contributed by atoms with Crippen LogP contribution in [0, 0.1) is 0 Å². The van der Waals surface area contributed by atoms with Gasteiger partial charge in [0.25, 0.3) is 0 Å². The third kappa shape index (κ3) is 7.12. The SMILES string of the molecule is C=[N+]=C=NCCCN(C)C. The normalized spacial score (nSPS) is 8.70. The lowest BCUT2D eigenvalue weighted by molar-refractivity contribution is 0.403. The van der Waals surface area contributed by atoms with Crippen molar-refractivity contribution >= 4 is 12.7 Å². The molecule has 0 aromatic heterocycles. The molecule has 10 heavy (non-hydrogen) atoms. The van der Waals surface area contributed by atoms with E-state index < -0.39 is 0 Å². The fourth-order valence-corrected chi connectivity index (χ4v) is 0.566. The van der Waals surface area contributed by atoms with Gasteiger partial charge in [-0.3, -0.25) is 0 Å². The maximum absolute atomic E-state index is 3.86. The lowest BCUT2D eigenvalue weighted by Gasteiger charge is -2.04. The van der Waals surface area contributed by atoms with Crippen LogP contribution in [0.5, 0.6) is 0 Å². The van der Waals surface area contributed by atoms with Crippen molar-refractivity contribution in [2.45, 2.75) is 6.42 Å². The molecule has 0 rings (SSSR count). The predicted octanol–water partition coefficient (Wildman–Crippen LogP) is -0.120. The van der Waals surface area contributed by atoms with Gasteiger partial charge in [0.05, 0.1) is 0 Å². The summed E-state index contributed by atoms with van der Waals surface area (Å²) in [4.78, 5) is 5.98. The molecule has 0 radical (unpaired) electrons. The lowest BCUT2D eigenvalue weighted by atomic mass is 10.4. The second kappa shape index (κ2) is 6.24. The Morgan fingerprint density at radius 3 is 2.80 bits per heavy atom. The van der Waals surface area contributed by atoms with Gasteiger partial charge < -0.3 is 4.90 Å². The van der Waals surface area contributed by atoms with Crippen LogP contribution in [0.2, 0.25) is 0 Å². The highest BCUT2D eigenvalue weighted by Gasteiger charge is 1.90. The van der Waals surface area contributed by atoms with Crippen LogP contribution in [-0.2, 0) is 0 Å². The molecule has 0 heterocycles. The molecule has 0 saturated heterocycles. The van der Waals surface area contributed by atoms with Crippen molar-refractivity contribution in [1.29, 1.82) is 0 Å². The van der Waals surface area contributed by atoms with Crippen molar-refractivity contribution in [1.82, 2.24) is 9.57 Å². The molecule has 0 fully saturated rings. The molecule has 0 aromatic carbocycles. The molecule has 0 aliphatic heterocycles. The quantitative estimate of drug-likeness (QED) is 0.304. The molecular formula is C7H14N3+. The van der Waals surface area contributed by atoms with E-state index in [-0.39, 0.29) is 0 Å². The maximum Gasteiger partial charge on any atom is 0.422 e. The fourth-order valence-electron chi connectivity index (χ4n) is 0.566. The van der Waals surface area contributed by atoms with Crippen molar-refractivity contribution < 1.29 is 0 Å². The Morgan fingerprint density at radius 1 is 1.60 bits per heavy atom. The largest absolute Gasteiger partial charge is 0.422 e. The van der Waals surface area contributed by atoms with Crippen LogP contribution < -0.4 is 4.67 Å². The highest BCUT2D eigenvalue weighted by Crippen LogP contribution is 1.81. The molecule has 0 aliphatic carbocycles. The van der Waals surface area contributed by atoms with Crippen molar-refractivity contribution in [2.24, 2.45) is 4.99 Å². The highest BCUT2D eigenvalue weighted by molar-refractivity contribution is 5.44. The summed E-state index contributed by atoms with van der Waals surface area (Å²) < 4.78 is 3.37. The molecule has 0 spiro atoms. The minimum atomic E-state index is 0.789. The molecule has 0 aromatic rings. The first-order valence-corrected chi connectivity index (χ1v) is 3.29. The van der Waals surface area contributed by atoms with E-state index in [0.29, 0.717) is 0 Å². The predicted molar refractivity (Wildman–Crippen MR) is 44.7 cm³/mol. The Labute approximate surface area is 61.8 Å². The van der Waals surface area contributed by atoms with E-state index in [0.717, 1.165) is 19.5 Å². The van der Waals surface area contributed by atoms with Crippen LogP contribution in [0.1, 0.15) is 6.42 Å². The van der Waals surface area contributed by atoms with Crippen molar-refractivity contribution in [3.63, 3.8) is 0 Å². The molecule has 0 bridgehead atoms. The minimum Gasteiger partial charge on any atom is -0.309 e. The van der Waals surface area contributed by atoms with Crippen LogP contribution in [-0.4, -0.2) is 44.8 Å². The third-order valence-electron chi connectivity index (χ3n) is 1.02. The zero-order chi connectivity index (χ0) is 7.82. The number of nitrogens with zero attached hydrogens (tertiary/aromatic N) is 3. The molecule has 3 nitrogen and oxygen atoms in total. The summed E-state index contributed by atoms with van der Waals surface area (Å²) in [6, 6.07) is 2.44. The molecule has 0 N–H and O–H groups in total. The molecule has 0 saturated carbocycles. The zero-order valence-corrected chi connectivity index (χ0v) is 6.67. The van der Waals surface area contributed by atoms with E-state index in [1.54, 1.807) is 0 Å². The Balaban J connectivity index is 3.21. The van der Waals surface area contributed by atoms with Gasteiger partial charge in [-0.1, -0.05) is 0 Å². The standard InChI is InChI=1S/C7H14N3/c1-8-7-9-5-4-6-10(2)3/h1,4-6H2,2-3H3/q+1.